The smallest absolute Gasteiger partial charge is 0.227 e. The fraction of sp³-hybridized carbons (Fsp3) is 0.529. The highest BCUT2D eigenvalue weighted by Crippen LogP contribution is 2.27. The van der Waals surface area contributed by atoms with Gasteiger partial charge in [0.15, 0.2) is 0 Å². The summed E-state index contributed by atoms with van der Waals surface area (Å²) in [5.41, 5.74) is 0.814. The highest BCUT2D eigenvalue weighted by atomic mass is 35.5. The Labute approximate surface area is 165 Å². The van der Waals surface area contributed by atoms with E-state index in [9.17, 15) is 8.42 Å². The van der Waals surface area contributed by atoms with Crippen LogP contribution >= 0.6 is 11.6 Å². The van der Waals surface area contributed by atoms with E-state index in [0.29, 0.717) is 29.8 Å². The lowest BCUT2D eigenvalue weighted by Gasteiger charge is -2.32. The summed E-state index contributed by atoms with van der Waals surface area (Å²) in [6.45, 7) is 4.16. The zero-order chi connectivity index (χ0) is 19.4. The Balaban J connectivity index is 1.81. The number of sulfonamides is 1. The van der Waals surface area contributed by atoms with Crippen molar-refractivity contribution >= 4 is 44.3 Å². The lowest BCUT2D eigenvalue weighted by atomic mass is 10.2. The predicted octanol–water partition coefficient (Wildman–Crippen LogP) is 1.39. The molecule has 10 heteroatoms. The number of hydrogen-bond acceptors (Lipinski definition) is 7. The first-order valence-corrected chi connectivity index (χ1v) is 11.0. The molecule has 2 heterocycles. The van der Waals surface area contributed by atoms with Crippen LogP contribution in [0.25, 0.3) is 10.9 Å². The second-order valence-corrected chi connectivity index (χ2v) is 9.11. The van der Waals surface area contributed by atoms with Crippen LogP contribution in [-0.2, 0) is 10.0 Å². The number of nitrogens with zero attached hydrogens (tertiary/aromatic N) is 4. The number of halogens is 1. The molecule has 0 atom stereocenters. The van der Waals surface area contributed by atoms with Crippen molar-refractivity contribution in [3.8, 4) is 0 Å². The normalized spacial score (nSPS) is 16.0. The minimum absolute atomic E-state index is 0.0611. The second-order valence-electron chi connectivity index (χ2n) is 6.63. The maximum atomic E-state index is 11.6. The van der Waals surface area contributed by atoms with Crippen LogP contribution in [0.3, 0.4) is 0 Å². The van der Waals surface area contributed by atoms with Gasteiger partial charge < -0.3 is 15.1 Å². The van der Waals surface area contributed by atoms with Gasteiger partial charge in [-0.1, -0.05) is 11.6 Å². The molecular formula is C17H25ClN6O2S. The van der Waals surface area contributed by atoms with E-state index < -0.39 is 10.0 Å². The SMILES string of the molecule is CNS(=O)(=O)CCCNc1nc(N2CCN(C)CC2)nc2ccc(Cl)cc12. The van der Waals surface area contributed by atoms with Gasteiger partial charge in [0, 0.05) is 43.1 Å². The van der Waals surface area contributed by atoms with E-state index in [1.807, 2.05) is 18.2 Å². The molecule has 27 heavy (non-hydrogen) atoms. The minimum Gasteiger partial charge on any atom is -0.369 e. The molecule has 1 saturated heterocycles. The summed E-state index contributed by atoms with van der Waals surface area (Å²) in [5, 5.41) is 4.70. The van der Waals surface area contributed by atoms with Gasteiger partial charge in [-0.25, -0.2) is 18.1 Å². The van der Waals surface area contributed by atoms with Crippen molar-refractivity contribution in [3.05, 3.63) is 23.2 Å². The molecule has 3 rings (SSSR count). The minimum atomic E-state index is -3.21. The lowest BCUT2D eigenvalue weighted by Crippen LogP contribution is -2.45. The molecule has 1 fully saturated rings. The second kappa shape index (κ2) is 8.55. The van der Waals surface area contributed by atoms with E-state index in [4.69, 9.17) is 21.6 Å². The zero-order valence-corrected chi connectivity index (χ0v) is 17.1. The number of piperazine rings is 1. The molecule has 2 aromatic rings. The quantitative estimate of drug-likeness (QED) is 0.664. The van der Waals surface area contributed by atoms with E-state index in [1.54, 1.807) is 0 Å². The molecule has 0 radical (unpaired) electrons. The third kappa shape index (κ3) is 5.19. The Hall–Kier alpha value is -1.68. The molecule has 2 N–H and O–H groups in total. The third-order valence-corrected chi connectivity index (χ3v) is 6.31. The average molecular weight is 413 g/mol. The van der Waals surface area contributed by atoms with Gasteiger partial charge in [0.1, 0.15) is 5.82 Å². The predicted molar refractivity (Wildman–Crippen MR) is 110 cm³/mol. The molecule has 0 bridgehead atoms. The maximum absolute atomic E-state index is 11.6. The molecule has 1 aromatic carbocycles. The molecule has 1 aliphatic heterocycles. The van der Waals surface area contributed by atoms with Crippen molar-refractivity contribution in [1.82, 2.24) is 19.6 Å². The van der Waals surface area contributed by atoms with Gasteiger partial charge in [0.25, 0.3) is 0 Å². The first kappa shape index (κ1) is 20.1. The number of rotatable bonds is 7. The van der Waals surface area contributed by atoms with Crippen molar-refractivity contribution in [2.24, 2.45) is 0 Å². The summed E-state index contributed by atoms with van der Waals surface area (Å²) in [5.74, 6) is 1.42. The Kier molecular flexibility index (Phi) is 6.36. The number of fused-ring (bicyclic) bond motifs is 1. The summed E-state index contributed by atoms with van der Waals surface area (Å²) < 4.78 is 25.4. The van der Waals surface area contributed by atoms with Crippen molar-refractivity contribution in [2.75, 3.05) is 62.8 Å². The topological polar surface area (TPSA) is 90.5 Å². The maximum Gasteiger partial charge on any atom is 0.227 e. The van der Waals surface area contributed by atoms with Gasteiger partial charge in [-0.15, -0.1) is 0 Å². The van der Waals surface area contributed by atoms with E-state index in [0.717, 1.165) is 37.1 Å². The van der Waals surface area contributed by atoms with E-state index >= 15 is 0 Å². The Bertz CT molecular complexity index is 900. The van der Waals surface area contributed by atoms with Gasteiger partial charge in [-0.3, -0.25) is 0 Å². The van der Waals surface area contributed by atoms with Gasteiger partial charge in [-0.05, 0) is 38.7 Å². The van der Waals surface area contributed by atoms with Crippen molar-refractivity contribution < 1.29 is 8.42 Å². The summed E-state index contributed by atoms with van der Waals surface area (Å²) in [6.07, 6.45) is 0.471. The van der Waals surface area contributed by atoms with E-state index in [-0.39, 0.29) is 5.75 Å². The van der Waals surface area contributed by atoms with Crippen LogP contribution in [0.4, 0.5) is 11.8 Å². The Morgan fingerprint density at radius 1 is 1.19 bits per heavy atom. The fourth-order valence-electron chi connectivity index (χ4n) is 2.94. The molecule has 0 amide bonds. The molecule has 1 aliphatic rings. The largest absolute Gasteiger partial charge is 0.369 e. The fourth-order valence-corrected chi connectivity index (χ4v) is 3.84. The van der Waals surface area contributed by atoms with Crippen molar-refractivity contribution in [1.29, 1.82) is 0 Å². The number of likely N-dealkylation sites (N-methyl/N-ethyl adjacent to an activating group) is 1. The van der Waals surface area contributed by atoms with Crippen LogP contribution in [0.15, 0.2) is 18.2 Å². The standard InChI is InChI=1S/C17H25ClN6O2S/c1-19-27(25,26)11-3-6-20-16-14-12-13(18)4-5-15(14)21-17(22-16)24-9-7-23(2)8-10-24/h4-5,12,19H,3,6-11H2,1-2H3,(H,20,21,22). The summed E-state index contributed by atoms with van der Waals surface area (Å²) in [4.78, 5) is 13.9. The molecule has 148 valence electrons. The van der Waals surface area contributed by atoms with Gasteiger partial charge in [-0.2, -0.15) is 4.98 Å². The monoisotopic (exact) mass is 412 g/mol. The Morgan fingerprint density at radius 3 is 2.63 bits per heavy atom. The highest BCUT2D eigenvalue weighted by Gasteiger charge is 2.18. The molecule has 1 aromatic heterocycles. The molecule has 0 saturated carbocycles. The lowest BCUT2D eigenvalue weighted by molar-refractivity contribution is 0.311. The first-order valence-electron chi connectivity index (χ1n) is 8.94. The number of nitrogens with one attached hydrogen (secondary N) is 2. The molecule has 0 unspecified atom stereocenters. The molecule has 0 aliphatic carbocycles. The number of hydrogen-bond donors (Lipinski definition) is 2. The van der Waals surface area contributed by atoms with Crippen LogP contribution in [0.2, 0.25) is 5.02 Å². The third-order valence-electron chi connectivity index (χ3n) is 4.63. The van der Waals surface area contributed by atoms with Gasteiger partial charge in [0.05, 0.1) is 11.3 Å². The van der Waals surface area contributed by atoms with Crippen LogP contribution < -0.4 is 14.9 Å². The van der Waals surface area contributed by atoms with Crippen LogP contribution in [0, 0.1) is 0 Å². The first-order chi connectivity index (χ1) is 12.9. The molecular weight excluding hydrogens is 388 g/mol. The van der Waals surface area contributed by atoms with Crippen LogP contribution in [-0.4, -0.2) is 75.9 Å². The summed E-state index contributed by atoms with van der Waals surface area (Å²) in [6, 6.07) is 5.53. The summed E-state index contributed by atoms with van der Waals surface area (Å²) >= 11 is 6.15. The summed E-state index contributed by atoms with van der Waals surface area (Å²) in [7, 11) is 0.315. The van der Waals surface area contributed by atoms with Crippen molar-refractivity contribution in [3.63, 3.8) is 0 Å². The van der Waals surface area contributed by atoms with Crippen LogP contribution in [0.5, 0.6) is 0 Å². The average Bonchev–Trinajstić information content (AvgIpc) is 2.65. The van der Waals surface area contributed by atoms with E-state index in [2.05, 4.69) is 26.9 Å². The highest BCUT2D eigenvalue weighted by molar-refractivity contribution is 7.89. The van der Waals surface area contributed by atoms with Gasteiger partial charge >= 0.3 is 0 Å². The molecule has 0 spiro atoms. The van der Waals surface area contributed by atoms with E-state index in [1.165, 1.54) is 7.05 Å². The Morgan fingerprint density at radius 2 is 1.93 bits per heavy atom. The van der Waals surface area contributed by atoms with Crippen LogP contribution in [0.1, 0.15) is 6.42 Å². The van der Waals surface area contributed by atoms with Crippen molar-refractivity contribution in [2.45, 2.75) is 6.42 Å². The number of benzene rings is 1. The van der Waals surface area contributed by atoms with Gasteiger partial charge in [0.2, 0.25) is 16.0 Å². The zero-order valence-electron chi connectivity index (χ0n) is 15.6. The number of anilines is 2. The number of aromatic nitrogens is 2. The molecule has 8 nitrogen and oxygen atoms in total.